The fraction of sp³-hybridized carbons (Fsp3) is 0.250. The lowest BCUT2D eigenvalue weighted by molar-refractivity contribution is 0.620. The predicted molar refractivity (Wildman–Crippen MR) is 63.8 cm³/mol. The molecule has 4 heteroatoms. The average Bonchev–Trinajstić information content (AvgIpc) is 2.64. The van der Waals surface area contributed by atoms with Crippen LogP contribution in [-0.4, -0.2) is 4.98 Å². The number of aryl methyl sites for hydroxylation is 1. The molecule has 0 aliphatic rings. The summed E-state index contributed by atoms with van der Waals surface area (Å²) in [5.74, 6) is -0.190. The van der Waals surface area contributed by atoms with Crippen LogP contribution in [0.4, 0.5) is 4.39 Å². The minimum atomic E-state index is -0.190. The van der Waals surface area contributed by atoms with Gasteiger partial charge in [0.2, 0.25) is 0 Å². The van der Waals surface area contributed by atoms with Crippen molar-refractivity contribution < 1.29 is 4.39 Å². The third-order valence-electron chi connectivity index (χ3n) is 2.16. The first-order valence-corrected chi connectivity index (χ1v) is 5.92. The van der Waals surface area contributed by atoms with Crippen LogP contribution in [0, 0.1) is 12.7 Å². The van der Waals surface area contributed by atoms with Gasteiger partial charge in [-0.1, -0.05) is 12.1 Å². The second-order valence-electron chi connectivity index (χ2n) is 3.60. The van der Waals surface area contributed by atoms with Gasteiger partial charge in [0.1, 0.15) is 10.8 Å². The summed E-state index contributed by atoms with van der Waals surface area (Å²) >= 11 is 1.68. The number of nitrogens with one attached hydrogen (secondary N) is 1. The molecule has 16 heavy (non-hydrogen) atoms. The lowest BCUT2D eigenvalue weighted by atomic mass is 10.2. The summed E-state index contributed by atoms with van der Waals surface area (Å²) in [6.07, 6.45) is 1.86. The van der Waals surface area contributed by atoms with Crippen molar-refractivity contribution >= 4 is 11.3 Å². The van der Waals surface area contributed by atoms with Crippen LogP contribution in [0.1, 0.15) is 15.4 Å². The molecule has 0 aliphatic heterocycles. The van der Waals surface area contributed by atoms with Gasteiger partial charge in [0, 0.05) is 24.2 Å². The van der Waals surface area contributed by atoms with Crippen molar-refractivity contribution in [1.29, 1.82) is 0 Å². The largest absolute Gasteiger partial charge is 0.306 e. The van der Waals surface area contributed by atoms with Crippen molar-refractivity contribution in [2.75, 3.05) is 0 Å². The molecule has 0 bridgehead atoms. The van der Waals surface area contributed by atoms with E-state index in [4.69, 9.17) is 0 Å². The maximum Gasteiger partial charge on any atom is 0.123 e. The number of rotatable bonds is 4. The third-order valence-corrected chi connectivity index (χ3v) is 3.08. The summed E-state index contributed by atoms with van der Waals surface area (Å²) < 4.78 is 12.9. The van der Waals surface area contributed by atoms with Crippen LogP contribution in [0.15, 0.2) is 30.5 Å². The van der Waals surface area contributed by atoms with Crippen LogP contribution >= 0.6 is 11.3 Å². The molecule has 0 saturated heterocycles. The zero-order valence-electron chi connectivity index (χ0n) is 9.03. The van der Waals surface area contributed by atoms with E-state index in [1.165, 1.54) is 10.9 Å². The van der Waals surface area contributed by atoms with Gasteiger partial charge in [0.25, 0.3) is 0 Å². The summed E-state index contributed by atoms with van der Waals surface area (Å²) in [5, 5.41) is 4.30. The normalized spacial score (nSPS) is 10.6. The molecule has 2 nitrogen and oxygen atoms in total. The molecule has 0 atom stereocenters. The first-order valence-electron chi connectivity index (χ1n) is 5.10. The van der Waals surface area contributed by atoms with Gasteiger partial charge in [-0.15, -0.1) is 11.3 Å². The van der Waals surface area contributed by atoms with Gasteiger partial charge >= 0.3 is 0 Å². The van der Waals surface area contributed by atoms with Crippen molar-refractivity contribution in [3.63, 3.8) is 0 Å². The van der Waals surface area contributed by atoms with Crippen LogP contribution in [0.3, 0.4) is 0 Å². The van der Waals surface area contributed by atoms with Gasteiger partial charge in [0.05, 0.1) is 0 Å². The second-order valence-corrected chi connectivity index (χ2v) is 4.92. The molecule has 0 radical (unpaired) electrons. The average molecular weight is 236 g/mol. The Kier molecular flexibility index (Phi) is 3.64. The molecule has 1 heterocycles. The molecule has 1 N–H and O–H groups in total. The van der Waals surface area contributed by atoms with E-state index in [9.17, 15) is 4.39 Å². The van der Waals surface area contributed by atoms with E-state index in [0.29, 0.717) is 6.54 Å². The molecule has 0 saturated carbocycles. The van der Waals surface area contributed by atoms with Gasteiger partial charge in [-0.2, -0.15) is 0 Å². The standard InChI is InChI=1S/C12H13FN2S/c1-9-6-15-12(16-9)8-14-7-10-3-2-4-11(13)5-10/h2-6,14H,7-8H2,1H3. The Morgan fingerprint density at radius 3 is 2.94 bits per heavy atom. The predicted octanol–water partition coefficient (Wildman–Crippen LogP) is 2.88. The Morgan fingerprint density at radius 1 is 1.38 bits per heavy atom. The Labute approximate surface area is 98.2 Å². The van der Waals surface area contributed by atoms with E-state index in [1.54, 1.807) is 23.5 Å². The van der Waals surface area contributed by atoms with Gasteiger partial charge < -0.3 is 5.32 Å². The van der Waals surface area contributed by atoms with E-state index in [1.807, 2.05) is 19.2 Å². The molecule has 1 aromatic carbocycles. The molecular weight excluding hydrogens is 223 g/mol. The molecule has 0 amide bonds. The number of thiazole rings is 1. The van der Waals surface area contributed by atoms with Crippen molar-refractivity contribution in [2.45, 2.75) is 20.0 Å². The number of hydrogen-bond acceptors (Lipinski definition) is 3. The lowest BCUT2D eigenvalue weighted by Crippen LogP contribution is -2.12. The van der Waals surface area contributed by atoms with Gasteiger partial charge in [-0.3, -0.25) is 0 Å². The zero-order valence-corrected chi connectivity index (χ0v) is 9.85. The molecule has 0 spiro atoms. The first kappa shape index (κ1) is 11.2. The Hall–Kier alpha value is -1.26. The van der Waals surface area contributed by atoms with E-state index in [0.717, 1.165) is 17.1 Å². The number of hydrogen-bond donors (Lipinski definition) is 1. The highest BCUT2D eigenvalue weighted by molar-refractivity contribution is 7.11. The van der Waals surface area contributed by atoms with E-state index >= 15 is 0 Å². The SMILES string of the molecule is Cc1cnc(CNCc2cccc(F)c2)s1. The summed E-state index contributed by atoms with van der Waals surface area (Å²) in [4.78, 5) is 5.46. The number of aromatic nitrogens is 1. The maximum atomic E-state index is 12.9. The van der Waals surface area contributed by atoms with Crippen molar-refractivity contribution in [3.05, 3.63) is 51.7 Å². The van der Waals surface area contributed by atoms with E-state index in [2.05, 4.69) is 10.3 Å². The quantitative estimate of drug-likeness (QED) is 0.883. The van der Waals surface area contributed by atoms with Gasteiger partial charge in [-0.25, -0.2) is 9.37 Å². The second kappa shape index (κ2) is 5.18. The monoisotopic (exact) mass is 236 g/mol. The minimum Gasteiger partial charge on any atom is -0.306 e. The zero-order chi connectivity index (χ0) is 11.4. The smallest absolute Gasteiger partial charge is 0.123 e. The van der Waals surface area contributed by atoms with Crippen molar-refractivity contribution in [3.8, 4) is 0 Å². The van der Waals surface area contributed by atoms with Crippen LogP contribution in [0.5, 0.6) is 0 Å². The van der Waals surface area contributed by atoms with Crippen LogP contribution in [0.2, 0.25) is 0 Å². The molecule has 84 valence electrons. The highest BCUT2D eigenvalue weighted by atomic mass is 32.1. The molecule has 2 aromatic rings. The highest BCUT2D eigenvalue weighted by Crippen LogP contribution is 2.11. The molecule has 0 fully saturated rings. The highest BCUT2D eigenvalue weighted by Gasteiger charge is 1.99. The first-order chi connectivity index (χ1) is 7.74. The number of halogens is 1. The van der Waals surface area contributed by atoms with Gasteiger partial charge in [-0.05, 0) is 24.6 Å². The third kappa shape index (κ3) is 3.12. The van der Waals surface area contributed by atoms with Gasteiger partial charge in [0.15, 0.2) is 0 Å². The summed E-state index contributed by atoms with van der Waals surface area (Å²) in [6.45, 7) is 3.43. The summed E-state index contributed by atoms with van der Waals surface area (Å²) in [7, 11) is 0. The maximum absolute atomic E-state index is 12.9. The number of benzene rings is 1. The van der Waals surface area contributed by atoms with Crippen LogP contribution in [-0.2, 0) is 13.1 Å². The summed E-state index contributed by atoms with van der Waals surface area (Å²) in [6, 6.07) is 6.62. The summed E-state index contributed by atoms with van der Waals surface area (Å²) in [5.41, 5.74) is 0.952. The number of nitrogens with zero attached hydrogens (tertiary/aromatic N) is 1. The molecular formula is C12H13FN2S. The fourth-order valence-electron chi connectivity index (χ4n) is 1.44. The topological polar surface area (TPSA) is 24.9 Å². The van der Waals surface area contributed by atoms with Crippen LogP contribution in [0.25, 0.3) is 0 Å². The van der Waals surface area contributed by atoms with Crippen LogP contribution < -0.4 is 5.32 Å². The molecule has 2 rings (SSSR count). The van der Waals surface area contributed by atoms with Crippen molar-refractivity contribution in [2.24, 2.45) is 0 Å². The molecule has 0 aliphatic carbocycles. The fourth-order valence-corrected chi connectivity index (χ4v) is 2.20. The molecule has 1 aromatic heterocycles. The lowest BCUT2D eigenvalue weighted by Gasteiger charge is -2.02. The molecule has 0 unspecified atom stereocenters. The Balaban J connectivity index is 1.84. The Morgan fingerprint density at radius 2 is 2.25 bits per heavy atom. The van der Waals surface area contributed by atoms with E-state index < -0.39 is 0 Å². The Bertz CT molecular complexity index is 468. The van der Waals surface area contributed by atoms with E-state index in [-0.39, 0.29) is 5.82 Å². The minimum absolute atomic E-state index is 0.190. The van der Waals surface area contributed by atoms with Crippen molar-refractivity contribution in [1.82, 2.24) is 10.3 Å².